The molecule has 0 saturated heterocycles. The number of methoxy groups -OCH3 is 1. The van der Waals surface area contributed by atoms with Crippen molar-refractivity contribution >= 4 is 40.0 Å². The molecule has 0 fully saturated rings. The lowest BCUT2D eigenvalue weighted by molar-refractivity contribution is -0.139. The molecule has 0 bridgehead atoms. The number of hydrogen-bond donors (Lipinski definition) is 2. The van der Waals surface area contributed by atoms with Gasteiger partial charge in [0.05, 0.1) is 29.8 Å². The van der Waals surface area contributed by atoms with Crippen molar-refractivity contribution in [2.75, 3.05) is 13.7 Å². The Hall–Kier alpha value is -3.59. The molecule has 172 valence electrons. The second-order valence-electron chi connectivity index (χ2n) is 6.99. The fourth-order valence-electron chi connectivity index (χ4n) is 3.29. The molecule has 1 heterocycles. The highest BCUT2D eigenvalue weighted by atomic mass is 79.9. The summed E-state index contributed by atoms with van der Waals surface area (Å²) in [5, 5.41) is 5.31. The Labute approximate surface area is 199 Å². The second kappa shape index (κ2) is 10.8. The SMILES string of the molecule is CCOC(=O)C1=C(C)NC(=O)NC1c1cc(Br)c(OC(=O)/C=C/c2ccccc2)c(OC)c1. The number of ether oxygens (including phenoxy) is 3. The number of hydrogen-bond acceptors (Lipinski definition) is 6. The minimum atomic E-state index is -0.786. The molecule has 0 saturated carbocycles. The first-order chi connectivity index (χ1) is 15.8. The fourth-order valence-corrected chi connectivity index (χ4v) is 3.83. The van der Waals surface area contributed by atoms with Crippen LogP contribution in [0, 0.1) is 0 Å². The van der Waals surface area contributed by atoms with Crippen molar-refractivity contribution in [1.29, 1.82) is 0 Å². The molecule has 0 radical (unpaired) electrons. The summed E-state index contributed by atoms with van der Waals surface area (Å²) in [5.41, 5.74) is 2.04. The number of carbonyl (C=O) groups is 3. The molecule has 0 aliphatic carbocycles. The third-order valence-corrected chi connectivity index (χ3v) is 5.35. The molecule has 9 heteroatoms. The molecular weight excluding hydrogens is 492 g/mol. The molecule has 2 aromatic carbocycles. The van der Waals surface area contributed by atoms with E-state index in [1.807, 2.05) is 30.3 Å². The highest BCUT2D eigenvalue weighted by molar-refractivity contribution is 9.10. The highest BCUT2D eigenvalue weighted by Crippen LogP contribution is 2.40. The normalized spacial score (nSPS) is 15.6. The summed E-state index contributed by atoms with van der Waals surface area (Å²) >= 11 is 3.41. The van der Waals surface area contributed by atoms with Gasteiger partial charge in [0.25, 0.3) is 0 Å². The van der Waals surface area contributed by atoms with Crippen LogP contribution >= 0.6 is 15.9 Å². The monoisotopic (exact) mass is 514 g/mol. The topological polar surface area (TPSA) is 103 Å². The molecule has 8 nitrogen and oxygen atoms in total. The van der Waals surface area contributed by atoms with Crippen LogP contribution in [0.4, 0.5) is 4.79 Å². The lowest BCUT2D eigenvalue weighted by atomic mass is 9.95. The van der Waals surface area contributed by atoms with Crippen molar-refractivity contribution in [3.05, 3.63) is 75.4 Å². The maximum atomic E-state index is 12.5. The molecule has 0 spiro atoms. The first-order valence-corrected chi connectivity index (χ1v) is 10.9. The molecule has 2 aromatic rings. The zero-order chi connectivity index (χ0) is 24.0. The Balaban J connectivity index is 1.91. The fraction of sp³-hybridized carbons (Fsp3) is 0.208. The molecule has 1 unspecified atom stereocenters. The number of halogens is 1. The zero-order valence-electron chi connectivity index (χ0n) is 18.3. The van der Waals surface area contributed by atoms with E-state index >= 15 is 0 Å². The average Bonchev–Trinajstić information content (AvgIpc) is 2.79. The number of nitrogens with one attached hydrogen (secondary N) is 2. The van der Waals surface area contributed by atoms with Crippen LogP contribution in [0.3, 0.4) is 0 Å². The van der Waals surface area contributed by atoms with Crippen LogP contribution in [0.15, 0.2) is 64.3 Å². The van der Waals surface area contributed by atoms with Crippen molar-refractivity contribution in [2.45, 2.75) is 19.9 Å². The van der Waals surface area contributed by atoms with Gasteiger partial charge in [-0.05, 0) is 59.1 Å². The third kappa shape index (κ3) is 5.81. The van der Waals surface area contributed by atoms with E-state index in [9.17, 15) is 14.4 Å². The number of amides is 2. The number of urea groups is 1. The zero-order valence-corrected chi connectivity index (χ0v) is 19.9. The summed E-state index contributed by atoms with van der Waals surface area (Å²) in [6.07, 6.45) is 2.95. The lowest BCUT2D eigenvalue weighted by Crippen LogP contribution is -2.45. The standard InChI is InChI=1S/C24H23BrN2O6/c1-4-32-23(29)20-14(2)26-24(30)27-21(20)16-12-17(25)22(18(13-16)31-3)33-19(28)11-10-15-8-6-5-7-9-15/h5-13,21H,4H2,1-3H3,(H2,26,27,30)/b11-10+. The highest BCUT2D eigenvalue weighted by Gasteiger charge is 2.33. The Kier molecular flexibility index (Phi) is 7.89. The number of rotatable bonds is 7. The number of esters is 2. The minimum absolute atomic E-state index is 0.169. The quantitative estimate of drug-likeness (QED) is 0.325. The van der Waals surface area contributed by atoms with E-state index in [4.69, 9.17) is 14.2 Å². The first kappa shape index (κ1) is 24.1. The van der Waals surface area contributed by atoms with E-state index in [2.05, 4.69) is 26.6 Å². The van der Waals surface area contributed by atoms with Crippen LogP contribution in [0.5, 0.6) is 11.5 Å². The van der Waals surface area contributed by atoms with Crippen LogP contribution in [0.25, 0.3) is 6.08 Å². The van der Waals surface area contributed by atoms with Crippen molar-refractivity contribution in [3.63, 3.8) is 0 Å². The van der Waals surface area contributed by atoms with Gasteiger partial charge < -0.3 is 24.8 Å². The minimum Gasteiger partial charge on any atom is -0.493 e. The lowest BCUT2D eigenvalue weighted by Gasteiger charge is -2.28. The van der Waals surface area contributed by atoms with Crippen molar-refractivity contribution < 1.29 is 28.6 Å². The van der Waals surface area contributed by atoms with Crippen molar-refractivity contribution in [1.82, 2.24) is 10.6 Å². The number of benzene rings is 2. The van der Waals surface area contributed by atoms with E-state index in [-0.39, 0.29) is 23.7 Å². The van der Waals surface area contributed by atoms with Crippen LogP contribution in [-0.2, 0) is 14.3 Å². The molecule has 1 atom stereocenters. The van der Waals surface area contributed by atoms with Crippen LogP contribution < -0.4 is 20.1 Å². The molecule has 2 N–H and O–H groups in total. The maximum Gasteiger partial charge on any atom is 0.338 e. The van der Waals surface area contributed by atoms with E-state index in [1.54, 1.807) is 32.1 Å². The Morgan fingerprint density at radius 1 is 1.18 bits per heavy atom. The first-order valence-electron chi connectivity index (χ1n) is 10.1. The van der Waals surface area contributed by atoms with E-state index in [0.29, 0.717) is 15.7 Å². The molecule has 2 amide bonds. The van der Waals surface area contributed by atoms with Gasteiger partial charge in [-0.15, -0.1) is 0 Å². The summed E-state index contributed by atoms with van der Waals surface area (Å²) < 4.78 is 16.5. The van der Waals surface area contributed by atoms with Gasteiger partial charge in [0.15, 0.2) is 11.5 Å². The van der Waals surface area contributed by atoms with Crippen LogP contribution in [0.2, 0.25) is 0 Å². The summed E-state index contributed by atoms with van der Waals surface area (Å²) in [7, 11) is 1.43. The molecule has 3 rings (SSSR count). The van der Waals surface area contributed by atoms with E-state index in [0.717, 1.165) is 5.56 Å². The predicted octanol–water partition coefficient (Wildman–Crippen LogP) is 4.27. The van der Waals surface area contributed by atoms with Crippen LogP contribution in [-0.4, -0.2) is 31.7 Å². The molecule has 33 heavy (non-hydrogen) atoms. The van der Waals surface area contributed by atoms with Gasteiger partial charge in [0.1, 0.15) is 0 Å². The smallest absolute Gasteiger partial charge is 0.338 e. The van der Waals surface area contributed by atoms with Gasteiger partial charge in [-0.3, -0.25) is 0 Å². The summed E-state index contributed by atoms with van der Waals surface area (Å²) in [5.74, 6) is -0.732. The van der Waals surface area contributed by atoms with Crippen molar-refractivity contribution in [2.24, 2.45) is 0 Å². The number of allylic oxidation sites excluding steroid dienone is 1. The molecule has 0 aromatic heterocycles. The van der Waals surface area contributed by atoms with Gasteiger partial charge in [-0.2, -0.15) is 0 Å². The Morgan fingerprint density at radius 3 is 2.58 bits per heavy atom. The largest absolute Gasteiger partial charge is 0.493 e. The summed E-state index contributed by atoms with van der Waals surface area (Å²) in [6, 6.07) is 11.3. The second-order valence-corrected chi connectivity index (χ2v) is 7.84. The predicted molar refractivity (Wildman–Crippen MR) is 126 cm³/mol. The van der Waals surface area contributed by atoms with Crippen LogP contribution in [0.1, 0.15) is 31.0 Å². The Bertz CT molecular complexity index is 1130. The molecule has 1 aliphatic rings. The third-order valence-electron chi connectivity index (χ3n) is 4.76. The van der Waals surface area contributed by atoms with Gasteiger partial charge in [-0.25, -0.2) is 14.4 Å². The van der Waals surface area contributed by atoms with E-state index < -0.39 is 24.0 Å². The molecular formula is C24H23BrN2O6. The maximum absolute atomic E-state index is 12.5. The van der Waals surface area contributed by atoms with Gasteiger partial charge in [0, 0.05) is 11.8 Å². The summed E-state index contributed by atoms with van der Waals surface area (Å²) in [4.78, 5) is 37.0. The van der Waals surface area contributed by atoms with E-state index in [1.165, 1.54) is 13.2 Å². The number of carbonyl (C=O) groups excluding carboxylic acids is 3. The average molecular weight is 515 g/mol. The molecule has 1 aliphatic heterocycles. The van der Waals surface area contributed by atoms with Crippen molar-refractivity contribution in [3.8, 4) is 11.5 Å². The van der Waals surface area contributed by atoms with Gasteiger partial charge in [-0.1, -0.05) is 30.3 Å². The summed E-state index contributed by atoms with van der Waals surface area (Å²) in [6.45, 7) is 3.51. The van der Waals surface area contributed by atoms with Gasteiger partial charge >= 0.3 is 18.0 Å². The Morgan fingerprint density at radius 2 is 1.91 bits per heavy atom. The van der Waals surface area contributed by atoms with Gasteiger partial charge in [0.2, 0.25) is 0 Å².